The Hall–Kier alpha value is -2.72. The maximum Gasteiger partial charge on any atom is 0.271 e. The fourth-order valence-corrected chi connectivity index (χ4v) is 2.82. The molecule has 0 spiro atoms. The van der Waals surface area contributed by atoms with Crippen LogP contribution in [-0.4, -0.2) is 11.6 Å². The zero-order valence-corrected chi connectivity index (χ0v) is 15.3. The highest BCUT2D eigenvalue weighted by atomic mass is 79.9. The van der Waals surface area contributed by atoms with Gasteiger partial charge in [-0.1, -0.05) is 70.5 Å². The average molecular weight is 393 g/mol. The lowest BCUT2D eigenvalue weighted by Gasteiger charge is -2.05. The number of halogens is 1. The molecule has 0 aliphatic rings. The Balaban J connectivity index is 1.70. The minimum atomic E-state index is -0.228. The number of benzene rings is 3. The summed E-state index contributed by atoms with van der Waals surface area (Å²) < 4.78 is 0.974. The number of carbonyl (C=O) groups is 1. The maximum atomic E-state index is 12.3. The molecule has 4 heteroatoms. The van der Waals surface area contributed by atoms with Gasteiger partial charge in [-0.05, 0) is 47.9 Å². The molecule has 0 saturated heterocycles. The van der Waals surface area contributed by atoms with Crippen molar-refractivity contribution in [2.24, 2.45) is 5.10 Å². The fourth-order valence-electron chi connectivity index (χ4n) is 2.42. The number of hydrogen-bond donors (Lipinski definition) is 1. The first-order valence-electron chi connectivity index (χ1n) is 7.89. The van der Waals surface area contributed by atoms with E-state index in [1.54, 1.807) is 0 Å². The van der Waals surface area contributed by atoms with E-state index in [9.17, 15) is 4.79 Å². The van der Waals surface area contributed by atoms with Crippen molar-refractivity contribution in [3.8, 4) is 11.1 Å². The molecule has 1 amide bonds. The molecule has 3 aromatic rings. The van der Waals surface area contributed by atoms with Gasteiger partial charge in [-0.2, -0.15) is 5.10 Å². The summed E-state index contributed by atoms with van der Waals surface area (Å²) >= 11 is 3.43. The molecular formula is C21H17BrN2O. The summed E-state index contributed by atoms with van der Waals surface area (Å²) in [6, 6.07) is 25.3. The summed E-state index contributed by atoms with van der Waals surface area (Å²) in [6.07, 6.45) is 0. The summed E-state index contributed by atoms with van der Waals surface area (Å²) in [5.41, 5.74) is 7.08. The monoisotopic (exact) mass is 392 g/mol. The molecule has 0 fully saturated rings. The molecule has 124 valence electrons. The van der Waals surface area contributed by atoms with Gasteiger partial charge < -0.3 is 0 Å². The summed E-state index contributed by atoms with van der Waals surface area (Å²) in [7, 11) is 0. The van der Waals surface area contributed by atoms with Gasteiger partial charge >= 0.3 is 0 Å². The summed E-state index contributed by atoms with van der Waals surface area (Å²) in [5, 5.41) is 4.19. The Labute approximate surface area is 155 Å². The number of hydrazone groups is 1. The van der Waals surface area contributed by atoms with E-state index in [1.807, 2.05) is 85.8 Å². The van der Waals surface area contributed by atoms with Crippen molar-refractivity contribution in [1.82, 2.24) is 5.43 Å². The van der Waals surface area contributed by atoms with Crippen molar-refractivity contribution in [2.75, 3.05) is 0 Å². The number of amides is 1. The van der Waals surface area contributed by atoms with Crippen molar-refractivity contribution in [2.45, 2.75) is 6.92 Å². The van der Waals surface area contributed by atoms with Crippen molar-refractivity contribution in [3.63, 3.8) is 0 Å². The zero-order chi connectivity index (χ0) is 17.6. The lowest BCUT2D eigenvalue weighted by molar-refractivity contribution is 0.0955. The van der Waals surface area contributed by atoms with E-state index in [2.05, 4.69) is 26.5 Å². The molecule has 0 unspecified atom stereocenters. The SMILES string of the molecule is C/C(=N\NC(=O)c1ccc(-c2ccccc2)cc1)c1cccc(Br)c1. The Morgan fingerprint density at radius 3 is 2.20 bits per heavy atom. The zero-order valence-electron chi connectivity index (χ0n) is 13.7. The highest BCUT2D eigenvalue weighted by Gasteiger charge is 2.06. The van der Waals surface area contributed by atoms with E-state index in [1.165, 1.54) is 0 Å². The van der Waals surface area contributed by atoms with Gasteiger partial charge in [0.25, 0.3) is 5.91 Å². The molecule has 0 aromatic heterocycles. The van der Waals surface area contributed by atoms with Crippen LogP contribution in [0.1, 0.15) is 22.8 Å². The highest BCUT2D eigenvalue weighted by Crippen LogP contribution is 2.19. The molecule has 0 atom stereocenters. The number of nitrogens with zero attached hydrogens (tertiary/aromatic N) is 1. The Morgan fingerprint density at radius 1 is 0.840 bits per heavy atom. The lowest BCUT2D eigenvalue weighted by Crippen LogP contribution is -2.19. The van der Waals surface area contributed by atoms with Crippen LogP contribution in [-0.2, 0) is 0 Å². The van der Waals surface area contributed by atoms with Gasteiger partial charge in [0.05, 0.1) is 5.71 Å². The first-order valence-corrected chi connectivity index (χ1v) is 8.69. The van der Waals surface area contributed by atoms with Crippen LogP contribution in [0.4, 0.5) is 0 Å². The third-order valence-corrected chi connectivity index (χ3v) is 4.32. The van der Waals surface area contributed by atoms with Gasteiger partial charge in [-0.15, -0.1) is 0 Å². The first kappa shape index (κ1) is 17.1. The van der Waals surface area contributed by atoms with Crippen LogP contribution in [0.2, 0.25) is 0 Å². The molecule has 3 nitrogen and oxygen atoms in total. The van der Waals surface area contributed by atoms with Crippen molar-refractivity contribution < 1.29 is 4.79 Å². The normalized spacial score (nSPS) is 11.2. The summed E-state index contributed by atoms with van der Waals surface area (Å²) in [4.78, 5) is 12.3. The second-order valence-electron chi connectivity index (χ2n) is 5.59. The average Bonchev–Trinajstić information content (AvgIpc) is 2.66. The van der Waals surface area contributed by atoms with Gasteiger partial charge in [-0.25, -0.2) is 5.43 Å². The molecular weight excluding hydrogens is 376 g/mol. The molecule has 25 heavy (non-hydrogen) atoms. The molecule has 0 radical (unpaired) electrons. The molecule has 3 rings (SSSR count). The van der Waals surface area contributed by atoms with Gasteiger partial charge in [0.1, 0.15) is 0 Å². The minimum Gasteiger partial charge on any atom is -0.267 e. The van der Waals surface area contributed by atoms with Crippen molar-refractivity contribution >= 4 is 27.5 Å². The molecule has 0 bridgehead atoms. The van der Waals surface area contributed by atoms with E-state index in [-0.39, 0.29) is 5.91 Å². The van der Waals surface area contributed by atoms with Gasteiger partial charge in [-0.3, -0.25) is 4.79 Å². The molecule has 0 heterocycles. The van der Waals surface area contributed by atoms with Crippen LogP contribution in [0.3, 0.4) is 0 Å². The lowest BCUT2D eigenvalue weighted by atomic mass is 10.0. The van der Waals surface area contributed by atoms with Crippen LogP contribution in [0.15, 0.2) is 88.4 Å². The first-order chi connectivity index (χ1) is 12.1. The minimum absolute atomic E-state index is 0.228. The topological polar surface area (TPSA) is 41.5 Å². The van der Waals surface area contributed by atoms with Crippen LogP contribution >= 0.6 is 15.9 Å². The predicted octanol–water partition coefficient (Wildman–Crippen LogP) is 5.27. The number of nitrogens with one attached hydrogen (secondary N) is 1. The standard InChI is InChI=1S/C21H17BrN2O/c1-15(19-8-5-9-20(22)14-19)23-24-21(25)18-12-10-17(11-13-18)16-6-3-2-4-7-16/h2-14H,1H3,(H,24,25)/b23-15+. The van der Waals surface area contributed by atoms with E-state index in [0.717, 1.165) is 26.9 Å². The number of rotatable bonds is 4. The van der Waals surface area contributed by atoms with Crippen LogP contribution in [0, 0.1) is 0 Å². The quantitative estimate of drug-likeness (QED) is 0.476. The predicted molar refractivity (Wildman–Crippen MR) is 106 cm³/mol. The van der Waals surface area contributed by atoms with Gasteiger partial charge in [0, 0.05) is 10.0 Å². The smallest absolute Gasteiger partial charge is 0.267 e. The third kappa shape index (κ3) is 4.43. The van der Waals surface area contributed by atoms with Crippen molar-refractivity contribution in [3.05, 3.63) is 94.5 Å². The van der Waals surface area contributed by atoms with E-state index in [4.69, 9.17) is 0 Å². The summed E-state index contributed by atoms with van der Waals surface area (Å²) in [6.45, 7) is 1.86. The summed E-state index contributed by atoms with van der Waals surface area (Å²) in [5.74, 6) is -0.228. The van der Waals surface area contributed by atoms with Crippen molar-refractivity contribution in [1.29, 1.82) is 0 Å². The van der Waals surface area contributed by atoms with E-state index in [0.29, 0.717) is 5.56 Å². The van der Waals surface area contributed by atoms with E-state index >= 15 is 0 Å². The van der Waals surface area contributed by atoms with E-state index < -0.39 is 0 Å². The molecule has 0 saturated carbocycles. The Morgan fingerprint density at radius 2 is 1.52 bits per heavy atom. The van der Waals surface area contributed by atoms with Crippen LogP contribution in [0.25, 0.3) is 11.1 Å². The molecule has 3 aromatic carbocycles. The molecule has 0 aliphatic heterocycles. The highest BCUT2D eigenvalue weighted by molar-refractivity contribution is 9.10. The Bertz CT molecular complexity index is 903. The number of carbonyl (C=O) groups excluding carboxylic acids is 1. The Kier molecular flexibility index (Phi) is 5.41. The van der Waals surface area contributed by atoms with Gasteiger partial charge in [0.15, 0.2) is 0 Å². The van der Waals surface area contributed by atoms with Gasteiger partial charge in [0.2, 0.25) is 0 Å². The molecule has 1 N–H and O–H groups in total. The number of hydrogen-bond acceptors (Lipinski definition) is 2. The fraction of sp³-hybridized carbons (Fsp3) is 0.0476. The largest absolute Gasteiger partial charge is 0.271 e. The molecule has 0 aliphatic carbocycles. The maximum absolute atomic E-state index is 12.3. The van der Waals surface area contributed by atoms with Crippen LogP contribution < -0.4 is 5.43 Å². The van der Waals surface area contributed by atoms with Crippen LogP contribution in [0.5, 0.6) is 0 Å². The third-order valence-electron chi connectivity index (χ3n) is 3.82. The second kappa shape index (κ2) is 7.90. The second-order valence-corrected chi connectivity index (χ2v) is 6.51.